The van der Waals surface area contributed by atoms with Crippen LogP contribution in [-0.4, -0.2) is 16.8 Å². The fourth-order valence-electron chi connectivity index (χ4n) is 1.88. The zero-order valence-corrected chi connectivity index (χ0v) is 7.13. The molecule has 3 heteroatoms. The van der Waals surface area contributed by atoms with Crippen LogP contribution in [0.2, 0.25) is 0 Å². The van der Waals surface area contributed by atoms with Crippen LogP contribution in [0.1, 0.15) is 17.5 Å². The van der Waals surface area contributed by atoms with Gasteiger partial charge in [0.25, 0.3) is 0 Å². The van der Waals surface area contributed by atoms with Crippen molar-refractivity contribution in [3.8, 4) is 0 Å². The monoisotopic (exact) mass is 182 g/mol. The second-order valence-electron chi connectivity index (χ2n) is 3.46. The molecule has 1 unspecified atom stereocenters. The fraction of sp³-hybridized carbons (Fsp3) is 0.400. The lowest BCUT2D eigenvalue weighted by atomic mass is 9.97. The van der Waals surface area contributed by atoms with Crippen LogP contribution in [0.4, 0.5) is 4.39 Å². The first kappa shape index (κ1) is 8.66. The van der Waals surface area contributed by atoms with Crippen LogP contribution in [-0.2, 0) is 12.0 Å². The molecule has 2 rings (SSSR count). The highest BCUT2D eigenvalue weighted by molar-refractivity contribution is 5.38. The Hall–Kier alpha value is -0.930. The Kier molecular flexibility index (Phi) is 1.86. The molecule has 0 radical (unpaired) electrons. The predicted octanol–water partition coefficient (Wildman–Crippen LogP) is 0.952. The molecular formula is C10H11FO2. The van der Waals surface area contributed by atoms with Crippen molar-refractivity contribution < 1.29 is 14.6 Å². The van der Waals surface area contributed by atoms with Crippen molar-refractivity contribution in [2.24, 2.45) is 0 Å². The minimum atomic E-state index is -1.22. The summed E-state index contributed by atoms with van der Waals surface area (Å²) in [5, 5.41) is 18.9. The van der Waals surface area contributed by atoms with Gasteiger partial charge in [0.05, 0.1) is 6.61 Å². The van der Waals surface area contributed by atoms with E-state index in [-0.39, 0.29) is 12.4 Å². The number of aliphatic hydroxyl groups is 2. The Morgan fingerprint density at radius 2 is 2.23 bits per heavy atom. The average Bonchev–Trinajstić information content (AvgIpc) is 2.47. The summed E-state index contributed by atoms with van der Waals surface area (Å²) < 4.78 is 13.2. The quantitative estimate of drug-likeness (QED) is 0.679. The summed E-state index contributed by atoms with van der Waals surface area (Å²) in [6, 6.07) is 4.60. The highest BCUT2D eigenvalue weighted by Crippen LogP contribution is 2.37. The summed E-state index contributed by atoms with van der Waals surface area (Å²) in [4.78, 5) is 0. The van der Waals surface area contributed by atoms with Gasteiger partial charge in [0.15, 0.2) is 0 Å². The molecule has 1 atom stereocenters. The van der Waals surface area contributed by atoms with Gasteiger partial charge in [0.2, 0.25) is 0 Å². The minimum Gasteiger partial charge on any atom is -0.393 e. The summed E-state index contributed by atoms with van der Waals surface area (Å²) in [5.41, 5.74) is -0.147. The van der Waals surface area contributed by atoms with E-state index in [0.717, 1.165) is 0 Å². The number of hydrogen-bond donors (Lipinski definition) is 2. The average molecular weight is 182 g/mol. The Labute approximate surface area is 75.6 Å². The van der Waals surface area contributed by atoms with Gasteiger partial charge in [-0.2, -0.15) is 0 Å². The maximum absolute atomic E-state index is 13.2. The van der Waals surface area contributed by atoms with Crippen molar-refractivity contribution in [2.75, 3.05) is 6.61 Å². The van der Waals surface area contributed by atoms with E-state index in [2.05, 4.69) is 0 Å². The first-order chi connectivity index (χ1) is 6.17. The van der Waals surface area contributed by atoms with Gasteiger partial charge in [-0.25, -0.2) is 4.39 Å². The second kappa shape index (κ2) is 2.79. The molecule has 0 amide bonds. The highest BCUT2D eigenvalue weighted by Gasteiger charge is 2.37. The van der Waals surface area contributed by atoms with Gasteiger partial charge in [0.1, 0.15) is 11.4 Å². The standard InChI is InChI=1S/C10H11FO2/c11-9-3-1-2-8-7(9)4-5-10(8,13)6-12/h1-3,12-13H,4-6H2. The summed E-state index contributed by atoms with van der Waals surface area (Å²) in [7, 11) is 0. The molecule has 2 nitrogen and oxygen atoms in total. The van der Waals surface area contributed by atoms with Crippen molar-refractivity contribution in [2.45, 2.75) is 18.4 Å². The molecule has 1 aromatic rings. The first-order valence-corrected chi connectivity index (χ1v) is 4.28. The predicted molar refractivity (Wildman–Crippen MR) is 45.7 cm³/mol. The number of hydrogen-bond acceptors (Lipinski definition) is 2. The van der Waals surface area contributed by atoms with E-state index >= 15 is 0 Å². The lowest BCUT2D eigenvalue weighted by Gasteiger charge is -2.20. The van der Waals surface area contributed by atoms with Gasteiger partial charge in [0, 0.05) is 0 Å². The van der Waals surface area contributed by atoms with Crippen LogP contribution >= 0.6 is 0 Å². The first-order valence-electron chi connectivity index (χ1n) is 4.28. The molecule has 13 heavy (non-hydrogen) atoms. The van der Waals surface area contributed by atoms with Crippen LogP contribution in [0.5, 0.6) is 0 Å². The fourth-order valence-corrected chi connectivity index (χ4v) is 1.88. The van der Waals surface area contributed by atoms with Crippen LogP contribution in [0, 0.1) is 5.82 Å². The zero-order valence-electron chi connectivity index (χ0n) is 7.13. The van der Waals surface area contributed by atoms with Gasteiger partial charge in [-0.1, -0.05) is 12.1 Å². The SMILES string of the molecule is OCC1(O)CCc2c(F)cccc21. The Bertz CT molecular complexity index is 338. The van der Waals surface area contributed by atoms with Crippen molar-refractivity contribution in [1.29, 1.82) is 0 Å². The molecule has 0 fully saturated rings. The van der Waals surface area contributed by atoms with Crippen molar-refractivity contribution in [1.82, 2.24) is 0 Å². The van der Waals surface area contributed by atoms with Crippen LogP contribution < -0.4 is 0 Å². The topological polar surface area (TPSA) is 40.5 Å². The highest BCUT2D eigenvalue weighted by atomic mass is 19.1. The third-order valence-electron chi connectivity index (χ3n) is 2.67. The number of rotatable bonds is 1. The lowest BCUT2D eigenvalue weighted by Crippen LogP contribution is -2.26. The molecule has 0 saturated heterocycles. The molecular weight excluding hydrogens is 171 g/mol. The lowest BCUT2D eigenvalue weighted by molar-refractivity contribution is -0.0172. The zero-order chi connectivity index (χ0) is 9.47. The van der Waals surface area contributed by atoms with E-state index in [1.54, 1.807) is 12.1 Å². The maximum atomic E-state index is 13.2. The van der Waals surface area contributed by atoms with Gasteiger partial charge in [-0.05, 0) is 30.0 Å². The third-order valence-corrected chi connectivity index (χ3v) is 2.67. The molecule has 0 aromatic heterocycles. The van der Waals surface area contributed by atoms with Crippen molar-refractivity contribution in [3.63, 3.8) is 0 Å². The molecule has 1 aliphatic rings. The molecule has 0 aliphatic heterocycles. The molecule has 0 saturated carbocycles. The van der Waals surface area contributed by atoms with E-state index < -0.39 is 5.60 Å². The Morgan fingerprint density at radius 3 is 2.92 bits per heavy atom. The molecule has 0 spiro atoms. The van der Waals surface area contributed by atoms with Crippen molar-refractivity contribution in [3.05, 3.63) is 35.1 Å². The largest absolute Gasteiger partial charge is 0.393 e. The molecule has 0 bridgehead atoms. The third kappa shape index (κ3) is 1.16. The molecule has 1 aromatic carbocycles. The van der Waals surface area contributed by atoms with Gasteiger partial charge < -0.3 is 10.2 Å². The second-order valence-corrected chi connectivity index (χ2v) is 3.46. The number of fused-ring (bicyclic) bond motifs is 1. The number of halogens is 1. The molecule has 1 aliphatic carbocycles. The minimum absolute atomic E-state index is 0.290. The molecule has 0 heterocycles. The van der Waals surface area contributed by atoms with Gasteiger partial charge in [-0.15, -0.1) is 0 Å². The molecule has 2 N–H and O–H groups in total. The van der Waals surface area contributed by atoms with Crippen LogP contribution in [0.25, 0.3) is 0 Å². The van der Waals surface area contributed by atoms with Crippen LogP contribution in [0.3, 0.4) is 0 Å². The molecule has 70 valence electrons. The van der Waals surface area contributed by atoms with E-state index in [9.17, 15) is 9.50 Å². The summed E-state index contributed by atoms with van der Waals surface area (Å²) in [5.74, 6) is -0.290. The Morgan fingerprint density at radius 1 is 1.46 bits per heavy atom. The van der Waals surface area contributed by atoms with Gasteiger partial charge >= 0.3 is 0 Å². The number of aliphatic hydroxyl groups excluding tert-OH is 1. The van der Waals surface area contributed by atoms with Gasteiger partial charge in [-0.3, -0.25) is 0 Å². The van der Waals surface area contributed by atoms with Crippen molar-refractivity contribution >= 4 is 0 Å². The summed E-state index contributed by atoms with van der Waals surface area (Å²) in [6.07, 6.45) is 0.902. The van der Waals surface area contributed by atoms with E-state index in [1.807, 2.05) is 0 Å². The van der Waals surface area contributed by atoms with E-state index in [0.29, 0.717) is 24.0 Å². The number of benzene rings is 1. The smallest absolute Gasteiger partial charge is 0.126 e. The normalized spacial score (nSPS) is 26.1. The Balaban J connectivity index is 2.55. The summed E-state index contributed by atoms with van der Waals surface area (Å²) >= 11 is 0. The summed E-state index contributed by atoms with van der Waals surface area (Å²) in [6.45, 7) is -0.344. The van der Waals surface area contributed by atoms with Crippen LogP contribution in [0.15, 0.2) is 18.2 Å². The maximum Gasteiger partial charge on any atom is 0.126 e. The van der Waals surface area contributed by atoms with E-state index in [1.165, 1.54) is 6.07 Å². The van der Waals surface area contributed by atoms with E-state index in [4.69, 9.17) is 5.11 Å².